The van der Waals surface area contributed by atoms with Gasteiger partial charge < -0.3 is 4.74 Å². The topological polar surface area (TPSA) is 61.8 Å². The summed E-state index contributed by atoms with van der Waals surface area (Å²) in [6, 6.07) is 0. The first-order valence-electron chi connectivity index (χ1n) is 2.95. The van der Waals surface area contributed by atoms with E-state index in [1.54, 1.807) is 20.8 Å². The summed E-state index contributed by atoms with van der Waals surface area (Å²) in [5.41, 5.74) is -0.649. The van der Waals surface area contributed by atoms with Gasteiger partial charge in [-0.25, -0.2) is 9.78 Å². The lowest BCUT2D eigenvalue weighted by atomic mass is 10.2. The Morgan fingerprint density at radius 2 is 1.91 bits per heavy atom. The Kier molecular flexibility index (Phi) is 3.36. The van der Waals surface area contributed by atoms with Crippen LogP contribution in [0.25, 0.3) is 0 Å². The summed E-state index contributed by atoms with van der Waals surface area (Å²) in [6.07, 6.45) is -1.04. The molecule has 0 fully saturated rings. The third kappa shape index (κ3) is 6.63. The molecule has 0 aromatic heterocycles. The zero-order valence-corrected chi connectivity index (χ0v) is 6.62. The number of hydrogen-bond acceptors (Lipinski definition) is 5. The number of carbonyl (C=O) groups excluding carboxylic acids is 2. The maximum atomic E-state index is 10.5. The first kappa shape index (κ1) is 9.74. The SMILES string of the molecule is CC(C)(C)OC(=O)OOC=O. The van der Waals surface area contributed by atoms with E-state index in [1.807, 2.05) is 0 Å². The number of ether oxygens (including phenoxy) is 1. The normalized spacial score (nSPS) is 10.1. The summed E-state index contributed by atoms with van der Waals surface area (Å²) in [6.45, 7) is 4.98. The molecule has 0 radical (unpaired) electrons. The van der Waals surface area contributed by atoms with E-state index in [2.05, 4.69) is 14.5 Å². The van der Waals surface area contributed by atoms with Gasteiger partial charge in [-0.2, -0.15) is 4.79 Å². The highest BCUT2D eigenvalue weighted by atomic mass is 17.2. The largest absolute Gasteiger partial charge is 0.550 e. The van der Waals surface area contributed by atoms with Crippen molar-refractivity contribution in [2.75, 3.05) is 0 Å². The fourth-order valence-corrected chi connectivity index (χ4v) is 0.326. The van der Waals surface area contributed by atoms with E-state index in [0.29, 0.717) is 0 Å². The van der Waals surface area contributed by atoms with E-state index in [1.165, 1.54) is 0 Å². The van der Waals surface area contributed by atoms with Crippen molar-refractivity contribution in [3.63, 3.8) is 0 Å². The van der Waals surface area contributed by atoms with Crippen molar-refractivity contribution in [2.24, 2.45) is 0 Å². The molecule has 0 aliphatic rings. The Labute approximate surface area is 64.2 Å². The lowest BCUT2D eigenvalue weighted by Gasteiger charge is -2.16. The van der Waals surface area contributed by atoms with Crippen LogP contribution in [0.15, 0.2) is 0 Å². The van der Waals surface area contributed by atoms with Gasteiger partial charge in [0.25, 0.3) is 0 Å². The monoisotopic (exact) mass is 162 g/mol. The second kappa shape index (κ2) is 3.80. The molecule has 0 aliphatic heterocycles. The van der Waals surface area contributed by atoms with Crippen molar-refractivity contribution in [1.82, 2.24) is 0 Å². The minimum atomic E-state index is -1.04. The zero-order valence-electron chi connectivity index (χ0n) is 6.62. The van der Waals surface area contributed by atoms with Gasteiger partial charge in [-0.1, -0.05) is 0 Å². The molecule has 0 aromatic rings. The predicted molar refractivity (Wildman–Crippen MR) is 34.5 cm³/mol. The summed E-state index contributed by atoms with van der Waals surface area (Å²) >= 11 is 0. The van der Waals surface area contributed by atoms with Crippen molar-refractivity contribution in [1.29, 1.82) is 0 Å². The Balaban J connectivity index is 3.61. The highest BCUT2D eigenvalue weighted by Gasteiger charge is 2.18. The van der Waals surface area contributed by atoms with Gasteiger partial charge in [0.15, 0.2) is 0 Å². The minimum Gasteiger partial charge on any atom is -0.426 e. The highest BCUT2D eigenvalue weighted by molar-refractivity contribution is 5.60. The van der Waals surface area contributed by atoms with E-state index >= 15 is 0 Å². The third-order valence-corrected chi connectivity index (χ3v) is 0.545. The van der Waals surface area contributed by atoms with Crippen LogP contribution in [0.1, 0.15) is 20.8 Å². The summed E-state index contributed by atoms with van der Waals surface area (Å²) in [7, 11) is 0. The van der Waals surface area contributed by atoms with E-state index in [9.17, 15) is 9.59 Å². The Morgan fingerprint density at radius 1 is 1.36 bits per heavy atom. The zero-order chi connectivity index (χ0) is 8.91. The molecule has 0 amide bonds. The van der Waals surface area contributed by atoms with Crippen molar-refractivity contribution in [2.45, 2.75) is 26.4 Å². The van der Waals surface area contributed by atoms with Gasteiger partial charge in [0.05, 0.1) is 0 Å². The highest BCUT2D eigenvalue weighted by Crippen LogP contribution is 2.07. The van der Waals surface area contributed by atoms with Gasteiger partial charge in [-0.15, -0.1) is 0 Å². The van der Waals surface area contributed by atoms with Crippen LogP contribution in [0.3, 0.4) is 0 Å². The summed E-state index contributed by atoms with van der Waals surface area (Å²) in [5.74, 6) is 0. The third-order valence-electron chi connectivity index (χ3n) is 0.545. The van der Waals surface area contributed by atoms with E-state index < -0.39 is 11.8 Å². The minimum absolute atomic E-state index is 0.01000. The summed E-state index contributed by atoms with van der Waals surface area (Å²) in [5, 5.41) is 0. The lowest BCUT2D eigenvalue weighted by molar-refractivity contribution is -0.234. The van der Waals surface area contributed by atoms with Crippen LogP contribution in [0, 0.1) is 0 Å². The van der Waals surface area contributed by atoms with E-state index in [0.717, 1.165) is 0 Å². The summed E-state index contributed by atoms with van der Waals surface area (Å²) in [4.78, 5) is 27.5. The molecule has 0 spiro atoms. The van der Waals surface area contributed by atoms with Gasteiger partial charge >= 0.3 is 12.6 Å². The van der Waals surface area contributed by atoms with Gasteiger partial charge in [-0.05, 0) is 20.8 Å². The van der Waals surface area contributed by atoms with Gasteiger partial charge in [0.1, 0.15) is 5.60 Å². The average molecular weight is 162 g/mol. The molecule has 5 heteroatoms. The molecular formula is C6H10O5. The summed E-state index contributed by atoms with van der Waals surface area (Å²) < 4.78 is 4.59. The van der Waals surface area contributed by atoms with Crippen LogP contribution < -0.4 is 0 Å². The van der Waals surface area contributed by atoms with Gasteiger partial charge in [-0.3, -0.25) is 4.79 Å². The molecule has 11 heavy (non-hydrogen) atoms. The fourth-order valence-electron chi connectivity index (χ4n) is 0.326. The van der Waals surface area contributed by atoms with Crippen LogP contribution >= 0.6 is 0 Å². The van der Waals surface area contributed by atoms with Crippen LogP contribution in [-0.4, -0.2) is 18.2 Å². The standard InChI is InChI=1S/C6H10O5/c1-6(2,3)10-5(8)11-9-4-7/h4H,1-3H3. The second-order valence-electron chi connectivity index (χ2n) is 2.74. The van der Waals surface area contributed by atoms with E-state index in [-0.39, 0.29) is 6.47 Å². The van der Waals surface area contributed by atoms with Crippen LogP contribution in [0.5, 0.6) is 0 Å². The first-order chi connectivity index (χ1) is 4.95. The predicted octanol–water partition coefficient (Wildman–Crippen LogP) is 1.03. The van der Waals surface area contributed by atoms with Crippen LogP contribution in [0.4, 0.5) is 4.79 Å². The first-order valence-corrected chi connectivity index (χ1v) is 2.95. The quantitative estimate of drug-likeness (QED) is 0.262. The van der Waals surface area contributed by atoms with Crippen LogP contribution in [0.2, 0.25) is 0 Å². The molecule has 0 saturated carbocycles. The van der Waals surface area contributed by atoms with Crippen molar-refractivity contribution >= 4 is 12.6 Å². The number of rotatable bonds is 2. The second-order valence-corrected chi connectivity index (χ2v) is 2.74. The maximum Gasteiger partial charge on any atom is 0.550 e. The molecule has 0 rings (SSSR count). The molecule has 0 aliphatic carbocycles. The Hall–Kier alpha value is -1.26. The molecule has 0 heterocycles. The lowest BCUT2D eigenvalue weighted by Crippen LogP contribution is -2.24. The van der Waals surface area contributed by atoms with Crippen molar-refractivity contribution in [3.05, 3.63) is 0 Å². The van der Waals surface area contributed by atoms with E-state index in [4.69, 9.17) is 0 Å². The smallest absolute Gasteiger partial charge is 0.426 e. The average Bonchev–Trinajstić information content (AvgIpc) is 1.79. The molecule has 0 unspecified atom stereocenters. The molecule has 0 bridgehead atoms. The molecule has 0 atom stereocenters. The molecule has 0 aromatic carbocycles. The number of hydrogen-bond donors (Lipinski definition) is 0. The fraction of sp³-hybridized carbons (Fsp3) is 0.667. The molecule has 64 valence electrons. The van der Waals surface area contributed by atoms with Crippen LogP contribution in [-0.2, 0) is 19.3 Å². The molecule has 0 N–H and O–H groups in total. The molecular weight excluding hydrogens is 152 g/mol. The molecule has 0 saturated heterocycles. The Bertz CT molecular complexity index is 146. The maximum absolute atomic E-state index is 10.5. The van der Waals surface area contributed by atoms with Gasteiger partial charge in [0.2, 0.25) is 0 Å². The van der Waals surface area contributed by atoms with Crippen molar-refractivity contribution in [3.8, 4) is 0 Å². The number of carbonyl (C=O) groups is 2. The van der Waals surface area contributed by atoms with Crippen molar-refractivity contribution < 1.29 is 24.1 Å². The molecule has 5 nitrogen and oxygen atoms in total. The Morgan fingerprint density at radius 3 is 2.27 bits per heavy atom. The van der Waals surface area contributed by atoms with Gasteiger partial charge in [0, 0.05) is 0 Å².